The van der Waals surface area contributed by atoms with Crippen LogP contribution in [0.4, 0.5) is 0 Å². The van der Waals surface area contributed by atoms with Crippen molar-refractivity contribution in [3.05, 3.63) is 11.6 Å². The van der Waals surface area contributed by atoms with E-state index in [2.05, 4.69) is 23.4 Å². The summed E-state index contributed by atoms with van der Waals surface area (Å²) in [5.41, 5.74) is 0. The van der Waals surface area contributed by atoms with Gasteiger partial charge in [-0.05, 0) is 24.8 Å². The first-order chi connectivity index (χ1) is 5.25. The summed E-state index contributed by atoms with van der Waals surface area (Å²) in [7, 11) is 0. The number of aromatic nitrogens is 3. The zero-order chi connectivity index (χ0) is 8.27. The summed E-state index contributed by atoms with van der Waals surface area (Å²) in [6.07, 6.45) is 3.72. The van der Waals surface area contributed by atoms with E-state index in [-0.39, 0.29) is 0 Å². The molecule has 5 heteroatoms. The maximum atomic E-state index is 5.75. The molecule has 0 N–H and O–H groups in total. The van der Waals surface area contributed by atoms with Gasteiger partial charge in [0, 0.05) is 11.8 Å². The first kappa shape index (κ1) is 8.87. The molecule has 0 aliphatic carbocycles. The molecule has 0 saturated heterocycles. The zero-order valence-electron chi connectivity index (χ0n) is 6.49. The molecule has 1 atom stereocenters. The third-order valence-corrected chi connectivity index (χ3v) is 2.50. The molecule has 0 saturated carbocycles. The van der Waals surface area contributed by atoms with Gasteiger partial charge in [0.25, 0.3) is 0 Å². The van der Waals surface area contributed by atoms with Gasteiger partial charge >= 0.3 is 0 Å². The Bertz CT molecular complexity index is 225. The van der Waals surface area contributed by atoms with Gasteiger partial charge in [-0.3, -0.25) is 0 Å². The molecule has 0 aliphatic heterocycles. The standard InChI is InChI=1S/C6H10ClN3S/c1-5(3-11-2)10-4-8-9-6(10)7/h4-5H,3H2,1-2H3. The van der Waals surface area contributed by atoms with Crippen LogP contribution in [0, 0.1) is 0 Å². The van der Waals surface area contributed by atoms with Crippen molar-refractivity contribution in [2.24, 2.45) is 0 Å². The van der Waals surface area contributed by atoms with Gasteiger partial charge in [-0.15, -0.1) is 10.2 Å². The van der Waals surface area contributed by atoms with Crippen LogP contribution in [0.1, 0.15) is 13.0 Å². The van der Waals surface area contributed by atoms with Crippen molar-refractivity contribution >= 4 is 23.4 Å². The van der Waals surface area contributed by atoms with Crippen LogP contribution in [0.3, 0.4) is 0 Å². The van der Waals surface area contributed by atoms with E-state index >= 15 is 0 Å². The van der Waals surface area contributed by atoms with Gasteiger partial charge in [0.15, 0.2) is 0 Å². The molecule has 11 heavy (non-hydrogen) atoms. The van der Waals surface area contributed by atoms with Gasteiger partial charge in [0.1, 0.15) is 6.33 Å². The summed E-state index contributed by atoms with van der Waals surface area (Å²) < 4.78 is 1.86. The summed E-state index contributed by atoms with van der Waals surface area (Å²) in [5.74, 6) is 1.03. The summed E-state index contributed by atoms with van der Waals surface area (Å²) in [4.78, 5) is 0. The minimum atomic E-state index is 0.368. The Kier molecular flexibility index (Phi) is 3.20. The number of halogens is 1. The van der Waals surface area contributed by atoms with Crippen molar-refractivity contribution in [3.8, 4) is 0 Å². The Balaban J connectivity index is 2.67. The zero-order valence-corrected chi connectivity index (χ0v) is 8.06. The van der Waals surface area contributed by atoms with E-state index < -0.39 is 0 Å². The van der Waals surface area contributed by atoms with Gasteiger partial charge in [0.05, 0.1) is 0 Å². The molecule has 0 bridgehead atoms. The molecule has 1 heterocycles. The highest BCUT2D eigenvalue weighted by Crippen LogP contribution is 2.15. The van der Waals surface area contributed by atoms with Crippen molar-refractivity contribution in [1.29, 1.82) is 0 Å². The highest BCUT2D eigenvalue weighted by atomic mass is 35.5. The molecule has 0 spiro atoms. The quantitative estimate of drug-likeness (QED) is 0.731. The van der Waals surface area contributed by atoms with Crippen LogP contribution in [0.5, 0.6) is 0 Å². The predicted octanol–water partition coefficient (Wildman–Crippen LogP) is 1.86. The minimum absolute atomic E-state index is 0.368. The second-order valence-electron chi connectivity index (χ2n) is 2.31. The third-order valence-electron chi connectivity index (χ3n) is 1.41. The normalized spacial score (nSPS) is 13.4. The van der Waals surface area contributed by atoms with Gasteiger partial charge in [-0.1, -0.05) is 0 Å². The number of nitrogens with zero attached hydrogens (tertiary/aromatic N) is 3. The third kappa shape index (κ3) is 2.10. The number of hydrogen-bond acceptors (Lipinski definition) is 3. The van der Waals surface area contributed by atoms with Gasteiger partial charge in [-0.25, -0.2) is 0 Å². The fraction of sp³-hybridized carbons (Fsp3) is 0.667. The molecule has 3 nitrogen and oxygen atoms in total. The second kappa shape index (κ2) is 3.97. The summed E-state index contributed by atoms with van der Waals surface area (Å²) in [6, 6.07) is 0.368. The molecule has 0 aliphatic rings. The van der Waals surface area contributed by atoms with E-state index in [4.69, 9.17) is 11.6 Å². The molecule has 0 radical (unpaired) electrons. The predicted molar refractivity (Wildman–Crippen MR) is 48.1 cm³/mol. The van der Waals surface area contributed by atoms with Crippen LogP contribution in [0.15, 0.2) is 6.33 Å². The first-order valence-corrected chi connectivity index (χ1v) is 5.07. The van der Waals surface area contributed by atoms with Crippen molar-refractivity contribution in [2.75, 3.05) is 12.0 Å². The lowest BCUT2D eigenvalue weighted by molar-refractivity contribution is 0.608. The fourth-order valence-corrected chi connectivity index (χ4v) is 1.74. The Morgan fingerprint density at radius 1 is 1.82 bits per heavy atom. The smallest absolute Gasteiger partial charge is 0.225 e. The molecular weight excluding hydrogens is 182 g/mol. The van der Waals surface area contributed by atoms with Gasteiger partial charge in [0.2, 0.25) is 5.28 Å². The topological polar surface area (TPSA) is 30.7 Å². The van der Waals surface area contributed by atoms with Crippen molar-refractivity contribution in [3.63, 3.8) is 0 Å². The fourth-order valence-electron chi connectivity index (χ4n) is 0.846. The molecule has 0 aromatic carbocycles. The van der Waals surface area contributed by atoms with E-state index in [1.165, 1.54) is 0 Å². The van der Waals surface area contributed by atoms with Crippen molar-refractivity contribution < 1.29 is 0 Å². The minimum Gasteiger partial charge on any atom is -0.301 e. The van der Waals surface area contributed by atoms with E-state index in [0.29, 0.717) is 11.3 Å². The Morgan fingerprint density at radius 2 is 2.55 bits per heavy atom. The molecule has 62 valence electrons. The number of rotatable bonds is 3. The lowest BCUT2D eigenvalue weighted by atomic mass is 10.4. The average molecular weight is 192 g/mol. The van der Waals surface area contributed by atoms with Gasteiger partial charge < -0.3 is 4.57 Å². The van der Waals surface area contributed by atoms with Crippen LogP contribution in [0.25, 0.3) is 0 Å². The molecule has 0 fully saturated rings. The molecule has 1 aromatic heterocycles. The Hall–Kier alpha value is -0.220. The number of thioether (sulfide) groups is 1. The summed E-state index contributed by atoms with van der Waals surface area (Å²) in [5, 5.41) is 7.85. The van der Waals surface area contributed by atoms with Crippen LogP contribution in [0.2, 0.25) is 5.28 Å². The van der Waals surface area contributed by atoms with E-state index in [0.717, 1.165) is 5.75 Å². The molecule has 1 rings (SSSR count). The molecule has 1 aromatic rings. The van der Waals surface area contributed by atoms with Crippen molar-refractivity contribution in [2.45, 2.75) is 13.0 Å². The highest BCUT2D eigenvalue weighted by Gasteiger charge is 2.07. The Labute approximate surface area is 75.1 Å². The molecular formula is C6H10ClN3S. The monoisotopic (exact) mass is 191 g/mol. The molecule has 1 unspecified atom stereocenters. The number of hydrogen-bond donors (Lipinski definition) is 0. The van der Waals surface area contributed by atoms with Crippen molar-refractivity contribution in [1.82, 2.24) is 14.8 Å². The van der Waals surface area contributed by atoms with E-state index in [1.54, 1.807) is 18.1 Å². The highest BCUT2D eigenvalue weighted by molar-refractivity contribution is 7.98. The van der Waals surface area contributed by atoms with Crippen LogP contribution in [-0.2, 0) is 0 Å². The Morgan fingerprint density at radius 3 is 3.00 bits per heavy atom. The van der Waals surface area contributed by atoms with Crippen LogP contribution >= 0.6 is 23.4 Å². The lowest BCUT2D eigenvalue weighted by Gasteiger charge is -2.10. The molecule has 0 amide bonds. The lowest BCUT2D eigenvalue weighted by Crippen LogP contribution is -2.06. The first-order valence-electron chi connectivity index (χ1n) is 3.29. The van der Waals surface area contributed by atoms with Crippen LogP contribution in [-0.4, -0.2) is 26.8 Å². The average Bonchev–Trinajstić information content (AvgIpc) is 2.36. The van der Waals surface area contributed by atoms with E-state index in [1.807, 2.05) is 4.57 Å². The van der Waals surface area contributed by atoms with E-state index in [9.17, 15) is 0 Å². The SMILES string of the molecule is CSCC(C)n1cnnc1Cl. The maximum absolute atomic E-state index is 5.75. The maximum Gasteiger partial charge on any atom is 0.225 e. The van der Waals surface area contributed by atoms with Gasteiger partial charge in [-0.2, -0.15) is 11.8 Å². The largest absolute Gasteiger partial charge is 0.301 e. The summed E-state index contributed by atoms with van der Waals surface area (Å²) >= 11 is 7.53. The second-order valence-corrected chi connectivity index (χ2v) is 3.56. The summed E-state index contributed by atoms with van der Waals surface area (Å²) in [6.45, 7) is 2.09. The van der Waals surface area contributed by atoms with Crippen LogP contribution < -0.4 is 0 Å².